The van der Waals surface area contributed by atoms with Crippen LogP contribution in [0.25, 0.3) is 11.4 Å². The van der Waals surface area contributed by atoms with E-state index in [2.05, 4.69) is 17.1 Å². The minimum Gasteiger partial charge on any atom is -0.337 e. The van der Waals surface area contributed by atoms with Gasteiger partial charge in [0.25, 0.3) is 0 Å². The highest BCUT2D eigenvalue weighted by Gasteiger charge is 2.31. The number of unbranched alkanes of at least 4 members (excludes halogenated alkanes) is 3. The van der Waals surface area contributed by atoms with Gasteiger partial charge in [-0.05, 0) is 38.7 Å². The van der Waals surface area contributed by atoms with Crippen LogP contribution in [0.15, 0.2) is 28.8 Å². The van der Waals surface area contributed by atoms with Gasteiger partial charge in [0, 0.05) is 18.5 Å². The van der Waals surface area contributed by atoms with Crippen LogP contribution in [0.5, 0.6) is 0 Å². The largest absolute Gasteiger partial charge is 0.337 e. The Hall–Kier alpha value is -2.17. The fraction of sp³-hybridized carbons (Fsp3) is 0.571. The summed E-state index contributed by atoms with van der Waals surface area (Å²) in [6, 6.07) is 8.00. The third-order valence-electron chi connectivity index (χ3n) is 5.07. The third kappa shape index (κ3) is 4.51. The van der Waals surface area contributed by atoms with Crippen molar-refractivity contribution in [3.63, 3.8) is 0 Å². The maximum absolute atomic E-state index is 12.7. The number of hydrogen-bond donors (Lipinski definition) is 0. The van der Waals surface area contributed by atoms with Crippen molar-refractivity contribution in [3.8, 4) is 11.4 Å². The van der Waals surface area contributed by atoms with E-state index in [1.807, 2.05) is 36.1 Å². The summed E-state index contributed by atoms with van der Waals surface area (Å²) in [4.78, 5) is 19.3. The molecule has 2 heterocycles. The van der Waals surface area contributed by atoms with E-state index in [1.165, 1.54) is 12.8 Å². The molecule has 2 aromatic rings. The van der Waals surface area contributed by atoms with Crippen LogP contribution in [-0.2, 0) is 4.79 Å². The Morgan fingerprint density at radius 2 is 2.15 bits per heavy atom. The van der Waals surface area contributed by atoms with E-state index in [0.717, 1.165) is 49.8 Å². The Morgan fingerprint density at radius 1 is 1.27 bits per heavy atom. The highest BCUT2D eigenvalue weighted by Crippen LogP contribution is 2.32. The second-order valence-corrected chi connectivity index (χ2v) is 7.24. The number of aromatic nitrogens is 2. The van der Waals surface area contributed by atoms with Crippen LogP contribution in [0.4, 0.5) is 0 Å². The zero-order valence-corrected chi connectivity index (χ0v) is 15.9. The molecule has 1 aliphatic heterocycles. The molecule has 1 atom stereocenters. The lowest BCUT2D eigenvalue weighted by atomic mass is 10.0. The number of piperidine rings is 1. The molecule has 0 aliphatic carbocycles. The first kappa shape index (κ1) is 18.6. The Kier molecular flexibility index (Phi) is 6.42. The number of hydrogen-bond acceptors (Lipinski definition) is 4. The van der Waals surface area contributed by atoms with E-state index in [-0.39, 0.29) is 11.9 Å². The fourth-order valence-corrected chi connectivity index (χ4v) is 3.61. The van der Waals surface area contributed by atoms with Gasteiger partial charge in [-0.3, -0.25) is 4.79 Å². The number of rotatable bonds is 7. The summed E-state index contributed by atoms with van der Waals surface area (Å²) in [5.74, 6) is 1.40. The average molecular weight is 355 g/mol. The molecule has 0 bridgehead atoms. The van der Waals surface area contributed by atoms with Crippen molar-refractivity contribution in [2.75, 3.05) is 6.54 Å². The van der Waals surface area contributed by atoms with Crippen molar-refractivity contribution in [1.82, 2.24) is 15.0 Å². The van der Waals surface area contributed by atoms with Crippen LogP contribution < -0.4 is 0 Å². The molecule has 5 heteroatoms. The monoisotopic (exact) mass is 355 g/mol. The van der Waals surface area contributed by atoms with Crippen LogP contribution in [-0.4, -0.2) is 27.5 Å². The van der Waals surface area contributed by atoms with Crippen LogP contribution in [0.2, 0.25) is 0 Å². The van der Waals surface area contributed by atoms with Gasteiger partial charge in [0.2, 0.25) is 17.6 Å². The van der Waals surface area contributed by atoms with E-state index in [1.54, 1.807) is 0 Å². The van der Waals surface area contributed by atoms with Crippen molar-refractivity contribution in [3.05, 3.63) is 35.7 Å². The van der Waals surface area contributed by atoms with Crippen molar-refractivity contribution >= 4 is 5.91 Å². The maximum Gasteiger partial charge on any atom is 0.249 e. The van der Waals surface area contributed by atoms with E-state index < -0.39 is 0 Å². The molecule has 0 saturated carbocycles. The first-order chi connectivity index (χ1) is 12.7. The summed E-state index contributed by atoms with van der Waals surface area (Å²) in [5, 5.41) is 4.16. The molecule has 0 N–H and O–H groups in total. The van der Waals surface area contributed by atoms with Crippen molar-refractivity contribution in [1.29, 1.82) is 0 Å². The van der Waals surface area contributed by atoms with E-state index in [9.17, 15) is 4.79 Å². The first-order valence-corrected chi connectivity index (χ1v) is 9.89. The molecule has 1 aromatic carbocycles. The number of carbonyl (C=O) groups is 1. The normalized spacial score (nSPS) is 17.5. The number of carbonyl (C=O) groups excluding carboxylic acids is 1. The summed E-state index contributed by atoms with van der Waals surface area (Å²) < 4.78 is 5.57. The maximum atomic E-state index is 12.7. The lowest BCUT2D eigenvalue weighted by Crippen LogP contribution is -2.38. The molecule has 0 radical (unpaired) electrons. The van der Waals surface area contributed by atoms with Gasteiger partial charge in [-0.15, -0.1) is 0 Å². The minimum atomic E-state index is -0.0755. The lowest BCUT2D eigenvalue weighted by molar-refractivity contribution is -0.135. The predicted octanol–water partition coefficient (Wildman–Crippen LogP) is 5.07. The second-order valence-electron chi connectivity index (χ2n) is 7.24. The zero-order chi connectivity index (χ0) is 18.4. The average Bonchev–Trinajstić information content (AvgIpc) is 3.15. The van der Waals surface area contributed by atoms with E-state index in [4.69, 9.17) is 4.52 Å². The lowest BCUT2D eigenvalue weighted by Gasteiger charge is -2.33. The van der Waals surface area contributed by atoms with Gasteiger partial charge >= 0.3 is 0 Å². The van der Waals surface area contributed by atoms with Crippen molar-refractivity contribution < 1.29 is 9.32 Å². The quantitative estimate of drug-likeness (QED) is 0.651. The predicted molar refractivity (Wildman–Crippen MR) is 102 cm³/mol. The SMILES string of the molecule is CCCCCCC(=O)N1CCCCC1c1nc(-c2cccc(C)c2)no1. The molecule has 1 amide bonds. The molecule has 5 nitrogen and oxygen atoms in total. The van der Waals surface area contributed by atoms with Gasteiger partial charge in [0.05, 0.1) is 0 Å². The molecule has 1 unspecified atom stereocenters. The number of nitrogens with zero attached hydrogens (tertiary/aromatic N) is 3. The second kappa shape index (κ2) is 8.97. The Morgan fingerprint density at radius 3 is 2.96 bits per heavy atom. The topological polar surface area (TPSA) is 59.2 Å². The molecule has 1 aliphatic rings. The fourth-order valence-electron chi connectivity index (χ4n) is 3.61. The third-order valence-corrected chi connectivity index (χ3v) is 5.07. The van der Waals surface area contributed by atoms with Crippen LogP contribution in [0.3, 0.4) is 0 Å². The molecule has 1 aromatic heterocycles. The van der Waals surface area contributed by atoms with Crippen molar-refractivity contribution in [2.24, 2.45) is 0 Å². The van der Waals surface area contributed by atoms with Gasteiger partial charge in [-0.2, -0.15) is 4.98 Å². The summed E-state index contributed by atoms with van der Waals surface area (Å²) >= 11 is 0. The summed E-state index contributed by atoms with van der Waals surface area (Å²) in [5.41, 5.74) is 2.11. The van der Waals surface area contributed by atoms with Crippen LogP contribution in [0, 0.1) is 6.92 Å². The number of amides is 1. The number of likely N-dealkylation sites (tertiary alicyclic amines) is 1. The molecule has 140 valence electrons. The number of benzene rings is 1. The Bertz CT molecular complexity index is 726. The highest BCUT2D eigenvalue weighted by molar-refractivity contribution is 5.76. The highest BCUT2D eigenvalue weighted by atomic mass is 16.5. The molecule has 0 spiro atoms. The number of aryl methyl sites for hydroxylation is 1. The Labute approximate surface area is 155 Å². The molecule has 26 heavy (non-hydrogen) atoms. The standard InChI is InChI=1S/C21H29N3O2/c1-3-4-5-6-13-19(25)24-14-8-7-12-18(24)21-22-20(23-26-21)17-11-9-10-16(2)15-17/h9-11,15,18H,3-8,12-14H2,1-2H3. The van der Waals surface area contributed by atoms with Gasteiger partial charge < -0.3 is 9.42 Å². The molecular weight excluding hydrogens is 326 g/mol. The summed E-state index contributed by atoms with van der Waals surface area (Å²) in [6.45, 7) is 5.02. The van der Waals surface area contributed by atoms with Crippen LogP contribution in [0.1, 0.15) is 75.8 Å². The molecule has 1 fully saturated rings. The first-order valence-electron chi connectivity index (χ1n) is 9.89. The van der Waals surface area contributed by atoms with Gasteiger partial charge in [0.1, 0.15) is 6.04 Å². The van der Waals surface area contributed by atoms with E-state index in [0.29, 0.717) is 18.1 Å². The minimum absolute atomic E-state index is 0.0755. The summed E-state index contributed by atoms with van der Waals surface area (Å²) in [6.07, 6.45) is 8.13. The Balaban J connectivity index is 1.71. The smallest absolute Gasteiger partial charge is 0.249 e. The van der Waals surface area contributed by atoms with Gasteiger partial charge in [0.15, 0.2) is 0 Å². The zero-order valence-electron chi connectivity index (χ0n) is 15.9. The summed E-state index contributed by atoms with van der Waals surface area (Å²) in [7, 11) is 0. The van der Waals surface area contributed by atoms with Crippen LogP contribution >= 0.6 is 0 Å². The van der Waals surface area contributed by atoms with Crippen molar-refractivity contribution in [2.45, 2.75) is 71.3 Å². The van der Waals surface area contributed by atoms with Gasteiger partial charge in [-0.25, -0.2) is 0 Å². The van der Waals surface area contributed by atoms with E-state index >= 15 is 0 Å². The molecule has 1 saturated heterocycles. The van der Waals surface area contributed by atoms with Gasteiger partial charge in [-0.1, -0.05) is 55.1 Å². The molecular formula is C21H29N3O2. The molecule has 3 rings (SSSR count).